The maximum absolute atomic E-state index is 13.1. The number of phosphoric ester groups is 2. The van der Waals surface area contributed by atoms with Gasteiger partial charge in [-0.15, -0.1) is 0 Å². The molecule has 0 saturated heterocycles. The molecule has 0 amide bonds. The van der Waals surface area contributed by atoms with E-state index in [0.717, 1.165) is 186 Å². The van der Waals surface area contributed by atoms with Crippen molar-refractivity contribution in [1.82, 2.24) is 0 Å². The fraction of sp³-hybridized carbons (Fsp3) is 0.624. The minimum atomic E-state index is -5.01. The third kappa shape index (κ3) is 74.7. The fourth-order valence-electron chi connectivity index (χ4n) is 9.74. The summed E-state index contributed by atoms with van der Waals surface area (Å²) in [6, 6.07) is 0. The number of allylic oxidation sites excluding steroid dienone is 27. The summed E-state index contributed by atoms with van der Waals surface area (Å²) in [5.74, 6) is -2.39. The van der Waals surface area contributed by atoms with Crippen LogP contribution in [0.15, 0.2) is 170 Å². The number of hydrogen-bond donors (Lipinski definition) is 3. The van der Waals surface area contributed by atoms with Crippen molar-refractivity contribution in [3.63, 3.8) is 0 Å². The third-order valence-electron chi connectivity index (χ3n) is 15.7. The van der Waals surface area contributed by atoms with Gasteiger partial charge in [-0.25, -0.2) is 9.13 Å². The molecule has 104 heavy (non-hydrogen) atoms. The Kier molecular flexibility index (Phi) is 71.6. The highest BCUT2D eigenvalue weighted by Gasteiger charge is 2.30. The lowest BCUT2D eigenvalue weighted by atomic mass is 10.1. The molecule has 0 saturated carbocycles. The number of rotatable bonds is 72. The molecule has 5 unspecified atom stereocenters. The first-order valence-electron chi connectivity index (χ1n) is 39.4. The third-order valence-corrected chi connectivity index (χ3v) is 17.6. The van der Waals surface area contributed by atoms with Crippen LogP contribution in [0.2, 0.25) is 0 Å². The van der Waals surface area contributed by atoms with Crippen LogP contribution in [-0.4, -0.2) is 96.7 Å². The van der Waals surface area contributed by atoms with Gasteiger partial charge in [0.1, 0.15) is 19.3 Å². The molecule has 0 rings (SSSR count). The number of unbranched alkanes of at least 4 members (excludes halogenated alkanes) is 19. The highest BCUT2D eigenvalue weighted by Crippen LogP contribution is 2.45. The first kappa shape index (κ1) is 98.4. The van der Waals surface area contributed by atoms with Crippen LogP contribution in [0.1, 0.15) is 285 Å². The van der Waals surface area contributed by atoms with Crippen molar-refractivity contribution in [1.29, 1.82) is 0 Å². The molecule has 0 aromatic carbocycles. The average Bonchev–Trinajstić information content (AvgIpc) is 0.916. The molecule has 0 aliphatic carbocycles. The Morgan fingerprint density at radius 3 is 0.894 bits per heavy atom. The van der Waals surface area contributed by atoms with E-state index in [-0.39, 0.29) is 25.7 Å². The normalized spacial score (nSPS) is 14.8. The Bertz CT molecular complexity index is 2640. The summed E-state index contributed by atoms with van der Waals surface area (Å²) in [4.78, 5) is 72.9. The number of esters is 4. The number of aliphatic hydroxyl groups is 1. The molecule has 5 atom stereocenters. The van der Waals surface area contributed by atoms with E-state index in [2.05, 4.69) is 174 Å². The molecule has 0 aliphatic heterocycles. The van der Waals surface area contributed by atoms with Gasteiger partial charge in [-0.2, -0.15) is 0 Å². The standard InChI is InChI=1S/C85H138O17P2/c1-5-9-13-17-21-25-29-33-36-38-39-41-43-47-50-54-58-62-66-70-83(88)96-76-81(102-85(90)72-68-64-60-56-52-48-44-40-37-34-30-26-22-18-14-10-6-2)78-100-104(93,94)98-74-79(86)73-97-103(91,92)99-77-80(101-84(89)71-67-63-59-55-51-45-32-28-24-20-16-12-8-4)75-95-82(87)69-65-61-57-53-49-46-42-35-31-27-23-19-15-11-7-3/h10-11,14-16,20-23,25-28,32-37,39,41-42,44,48-49,53,61,65,79-81,86H,5-9,12-13,17-19,24,29-31,38,40,43,45-47,50-52,54-60,62-64,66-78H2,1-4H3,(H,91,92)(H,93,94)/b14-10-,15-11-,20-16-,25-21-,26-22-,27-23-,32-28-,36-33-,37-34-,41-39-,42-35-,48-44-,53-49-,65-61-. The largest absolute Gasteiger partial charge is 0.472 e. The zero-order valence-corrected chi connectivity index (χ0v) is 66.2. The van der Waals surface area contributed by atoms with E-state index >= 15 is 0 Å². The Hall–Kier alpha value is -5.58. The molecule has 19 heteroatoms. The van der Waals surface area contributed by atoms with Gasteiger partial charge in [-0.1, -0.05) is 275 Å². The first-order chi connectivity index (χ1) is 50.7. The summed E-state index contributed by atoms with van der Waals surface area (Å²) < 4.78 is 68.4. The van der Waals surface area contributed by atoms with Crippen LogP contribution in [0, 0.1) is 0 Å². The van der Waals surface area contributed by atoms with Crippen molar-refractivity contribution in [2.24, 2.45) is 0 Å². The summed E-state index contributed by atoms with van der Waals surface area (Å²) in [5.41, 5.74) is 0. The van der Waals surface area contributed by atoms with Gasteiger partial charge in [-0.05, 0) is 154 Å². The summed E-state index contributed by atoms with van der Waals surface area (Å²) in [7, 11) is -10.0. The Balaban J connectivity index is 5.47. The van der Waals surface area contributed by atoms with Crippen molar-refractivity contribution in [2.75, 3.05) is 39.6 Å². The van der Waals surface area contributed by atoms with Crippen LogP contribution >= 0.6 is 15.6 Å². The molecule has 0 fully saturated rings. The van der Waals surface area contributed by atoms with Gasteiger partial charge >= 0.3 is 39.5 Å². The molecule has 0 radical (unpaired) electrons. The second-order valence-corrected chi connectivity index (χ2v) is 28.5. The van der Waals surface area contributed by atoms with Gasteiger partial charge in [0.25, 0.3) is 0 Å². The minimum absolute atomic E-state index is 0.0528. The van der Waals surface area contributed by atoms with Crippen molar-refractivity contribution < 1.29 is 80.2 Å². The summed E-state index contributed by atoms with van der Waals surface area (Å²) in [5, 5.41) is 10.6. The van der Waals surface area contributed by atoms with Gasteiger partial charge in [-0.3, -0.25) is 37.3 Å². The van der Waals surface area contributed by atoms with Gasteiger partial charge in [0, 0.05) is 19.3 Å². The van der Waals surface area contributed by atoms with Crippen LogP contribution in [0.5, 0.6) is 0 Å². The van der Waals surface area contributed by atoms with Crippen LogP contribution < -0.4 is 0 Å². The molecule has 3 N–H and O–H groups in total. The molecule has 0 aromatic heterocycles. The molecule has 0 aliphatic rings. The molecule has 17 nitrogen and oxygen atoms in total. The minimum Gasteiger partial charge on any atom is -0.462 e. The highest BCUT2D eigenvalue weighted by atomic mass is 31.2. The smallest absolute Gasteiger partial charge is 0.462 e. The first-order valence-corrected chi connectivity index (χ1v) is 42.4. The van der Waals surface area contributed by atoms with E-state index in [9.17, 15) is 43.2 Å². The van der Waals surface area contributed by atoms with E-state index in [4.69, 9.17) is 37.0 Å². The van der Waals surface area contributed by atoms with E-state index < -0.39 is 97.5 Å². The maximum Gasteiger partial charge on any atom is 0.472 e. The number of carbonyl (C=O) groups is 4. The quantitative estimate of drug-likeness (QED) is 0.0169. The lowest BCUT2D eigenvalue weighted by Gasteiger charge is -2.21. The van der Waals surface area contributed by atoms with Gasteiger partial charge in [0.2, 0.25) is 0 Å². The molecular formula is C85H138O17P2. The van der Waals surface area contributed by atoms with Gasteiger partial charge in [0.15, 0.2) is 12.2 Å². The maximum atomic E-state index is 13.1. The molecule has 0 heterocycles. The zero-order valence-electron chi connectivity index (χ0n) is 64.4. The SMILES string of the molecule is CC/C=C\C/C=C\C/C=C\C/C=C\C/C=C\CC(=O)OCC(COP(=O)(O)OCC(O)COP(=O)(O)OCC(COC(=O)CCCCCCCC/C=C\C/C=C\C/C=C\CCCCC)OC(=O)CCCCCC/C=C\C/C=C\C/C=C\C/C=C\CC)OC(=O)CCCCCCC/C=C\C/C=C\CCC. The van der Waals surface area contributed by atoms with Crippen molar-refractivity contribution in [3.05, 3.63) is 170 Å². The monoisotopic (exact) mass is 1490 g/mol. The van der Waals surface area contributed by atoms with Gasteiger partial charge < -0.3 is 33.8 Å². The number of phosphoric acid groups is 2. The number of ether oxygens (including phenoxy) is 4. The molecular weight excluding hydrogens is 1350 g/mol. The van der Waals surface area contributed by atoms with E-state index in [1.54, 1.807) is 6.08 Å². The van der Waals surface area contributed by atoms with Crippen molar-refractivity contribution >= 4 is 39.5 Å². The summed E-state index contributed by atoms with van der Waals surface area (Å²) in [6.45, 7) is 4.36. The lowest BCUT2D eigenvalue weighted by Crippen LogP contribution is -2.30. The highest BCUT2D eigenvalue weighted by molar-refractivity contribution is 7.47. The molecule has 0 spiro atoms. The predicted molar refractivity (Wildman–Crippen MR) is 426 cm³/mol. The Labute approximate surface area is 629 Å². The topological polar surface area (TPSA) is 237 Å². The lowest BCUT2D eigenvalue weighted by molar-refractivity contribution is -0.161. The van der Waals surface area contributed by atoms with Crippen LogP contribution in [-0.2, 0) is 65.4 Å². The number of carbonyl (C=O) groups excluding carboxylic acids is 4. The fourth-order valence-corrected chi connectivity index (χ4v) is 11.3. The molecule has 0 bridgehead atoms. The molecule has 590 valence electrons. The second-order valence-electron chi connectivity index (χ2n) is 25.5. The van der Waals surface area contributed by atoms with Crippen LogP contribution in [0.3, 0.4) is 0 Å². The van der Waals surface area contributed by atoms with Crippen molar-refractivity contribution in [3.8, 4) is 0 Å². The molecule has 0 aromatic rings. The number of hydrogen-bond acceptors (Lipinski definition) is 15. The van der Waals surface area contributed by atoms with Gasteiger partial charge in [0.05, 0.1) is 32.8 Å². The van der Waals surface area contributed by atoms with E-state index in [0.29, 0.717) is 25.7 Å². The summed E-state index contributed by atoms with van der Waals surface area (Å²) >= 11 is 0. The predicted octanol–water partition coefficient (Wildman–Crippen LogP) is 23.0. The Morgan fingerprint density at radius 1 is 0.288 bits per heavy atom. The van der Waals surface area contributed by atoms with Crippen LogP contribution in [0.4, 0.5) is 0 Å². The second kappa shape index (κ2) is 75.6. The van der Waals surface area contributed by atoms with Crippen LogP contribution in [0.25, 0.3) is 0 Å². The van der Waals surface area contributed by atoms with Crippen molar-refractivity contribution in [2.45, 2.75) is 303 Å². The number of aliphatic hydroxyl groups excluding tert-OH is 1. The van der Waals surface area contributed by atoms with E-state index in [1.165, 1.54) is 19.3 Å². The summed E-state index contributed by atoms with van der Waals surface area (Å²) in [6.07, 6.45) is 89.4. The zero-order chi connectivity index (χ0) is 76.0. The Morgan fingerprint density at radius 2 is 0.558 bits per heavy atom. The van der Waals surface area contributed by atoms with E-state index in [1.807, 2.05) is 18.2 Å². The average molecular weight is 1490 g/mol.